The van der Waals surface area contributed by atoms with E-state index in [0.717, 1.165) is 6.42 Å². The molecule has 2 rings (SSSR count). The Morgan fingerprint density at radius 1 is 1.59 bits per heavy atom. The first-order valence-corrected chi connectivity index (χ1v) is 5.48. The molecule has 1 aliphatic carbocycles. The first-order valence-electron chi connectivity index (χ1n) is 5.48. The third-order valence-electron chi connectivity index (χ3n) is 3.03. The highest BCUT2D eigenvalue weighted by Gasteiger charge is 2.41. The first-order chi connectivity index (χ1) is 8.01. The molecule has 0 aromatic carbocycles. The van der Waals surface area contributed by atoms with Gasteiger partial charge < -0.3 is 14.9 Å². The van der Waals surface area contributed by atoms with Crippen molar-refractivity contribution < 1.29 is 19.2 Å². The molecule has 0 aliphatic heterocycles. The van der Waals surface area contributed by atoms with Gasteiger partial charge in [-0.15, -0.1) is 0 Å². The number of carboxylic acid groups (broad SMARTS) is 1. The number of aliphatic carboxylic acids is 1. The zero-order valence-corrected chi connectivity index (χ0v) is 9.52. The number of carbonyl (C=O) groups excluding carboxylic acids is 1. The Hall–Kier alpha value is -1.85. The predicted molar refractivity (Wildman–Crippen MR) is 57.5 cm³/mol. The summed E-state index contributed by atoms with van der Waals surface area (Å²) in [6.07, 6.45) is 2.27. The number of nitrogens with one attached hydrogen (secondary N) is 1. The number of nitrogens with zero attached hydrogens (tertiary/aromatic N) is 1. The van der Waals surface area contributed by atoms with Crippen molar-refractivity contribution in [3.8, 4) is 0 Å². The summed E-state index contributed by atoms with van der Waals surface area (Å²) in [5, 5.41) is 15.2. The molecule has 1 aliphatic rings. The lowest BCUT2D eigenvalue weighted by atomic mass is 9.74. The van der Waals surface area contributed by atoms with Crippen molar-refractivity contribution in [2.45, 2.75) is 38.1 Å². The van der Waals surface area contributed by atoms with Crippen LogP contribution in [0.1, 0.15) is 41.9 Å². The molecule has 0 bridgehead atoms. The molecule has 0 atom stereocenters. The van der Waals surface area contributed by atoms with E-state index in [-0.39, 0.29) is 12.2 Å². The second-order valence-electron chi connectivity index (χ2n) is 4.49. The SMILES string of the molecule is Cc1cc(C(=O)NC2(CC(=O)O)CCC2)on1. The summed E-state index contributed by atoms with van der Waals surface area (Å²) in [6, 6.07) is 1.53. The second kappa shape index (κ2) is 4.20. The molecule has 0 spiro atoms. The molecule has 0 unspecified atom stereocenters. The minimum atomic E-state index is -0.904. The summed E-state index contributed by atoms with van der Waals surface area (Å²) in [7, 11) is 0. The predicted octanol–water partition coefficient (Wildman–Crippen LogP) is 1.11. The minimum Gasteiger partial charge on any atom is -0.481 e. The monoisotopic (exact) mass is 238 g/mol. The van der Waals surface area contributed by atoms with Gasteiger partial charge in [0, 0.05) is 6.07 Å². The van der Waals surface area contributed by atoms with Crippen molar-refractivity contribution in [3.63, 3.8) is 0 Å². The Bertz CT molecular complexity index is 448. The van der Waals surface area contributed by atoms with Crippen LogP contribution in [0.4, 0.5) is 0 Å². The van der Waals surface area contributed by atoms with Crippen LogP contribution in [-0.4, -0.2) is 27.7 Å². The van der Waals surface area contributed by atoms with Crippen LogP contribution in [0.2, 0.25) is 0 Å². The van der Waals surface area contributed by atoms with Crippen LogP contribution in [0.5, 0.6) is 0 Å². The van der Waals surface area contributed by atoms with E-state index in [1.165, 1.54) is 6.07 Å². The second-order valence-corrected chi connectivity index (χ2v) is 4.49. The van der Waals surface area contributed by atoms with Gasteiger partial charge in [0.15, 0.2) is 0 Å². The van der Waals surface area contributed by atoms with Gasteiger partial charge in [-0.3, -0.25) is 9.59 Å². The van der Waals surface area contributed by atoms with Crippen LogP contribution >= 0.6 is 0 Å². The average molecular weight is 238 g/mol. The molecule has 1 amide bonds. The maximum absolute atomic E-state index is 11.8. The molecule has 6 nitrogen and oxygen atoms in total. The maximum Gasteiger partial charge on any atom is 0.305 e. The van der Waals surface area contributed by atoms with E-state index >= 15 is 0 Å². The van der Waals surface area contributed by atoms with E-state index in [1.54, 1.807) is 6.92 Å². The number of aromatic nitrogens is 1. The summed E-state index contributed by atoms with van der Waals surface area (Å²) < 4.78 is 4.84. The third kappa shape index (κ3) is 2.46. The number of hydrogen-bond donors (Lipinski definition) is 2. The molecule has 1 heterocycles. The molecule has 6 heteroatoms. The van der Waals surface area contributed by atoms with Gasteiger partial charge in [0.25, 0.3) is 5.91 Å². The molecule has 0 radical (unpaired) electrons. The van der Waals surface area contributed by atoms with Crippen molar-refractivity contribution >= 4 is 11.9 Å². The van der Waals surface area contributed by atoms with Crippen LogP contribution in [0.15, 0.2) is 10.6 Å². The fraction of sp³-hybridized carbons (Fsp3) is 0.545. The maximum atomic E-state index is 11.8. The highest BCUT2D eigenvalue weighted by molar-refractivity contribution is 5.92. The van der Waals surface area contributed by atoms with Gasteiger partial charge in [-0.05, 0) is 26.2 Å². The van der Waals surface area contributed by atoms with Gasteiger partial charge in [0.1, 0.15) is 0 Å². The lowest BCUT2D eigenvalue weighted by Crippen LogP contribution is -2.54. The summed E-state index contributed by atoms with van der Waals surface area (Å²) in [6.45, 7) is 1.72. The number of aryl methyl sites for hydroxylation is 1. The van der Waals surface area contributed by atoms with Gasteiger partial charge in [-0.25, -0.2) is 0 Å². The lowest BCUT2D eigenvalue weighted by molar-refractivity contribution is -0.139. The normalized spacial score (nSPS) is 17.2. The number of rotatable bonds is 4. The largest absolute Gasteiger partial charge is 0.481 e. The Kier molecular flexibility index (Phi) is 2.87. The summed E-state index contributed by atoms with van der Waals surface area (Å²) in [5.41, 5.74) is 0.0138. The fourth-order valence-electron chi connectivity index (χ4n) is 2.01. The molecule has 1 aromatic heterocycles. The van der Waals surface area contributed by atoms with Crippen LogP contribution in [-0.2, 0) is 4.79 Å². The molecule has 1 fully saturated rings. The fourth-order valence-corrected chi connectivity index (χ4v) is 2.01. The Morgan fingerprint density at radius 2 is 2.29 bits per heavy atom. The van der Waals surface area contributed by atoms with Gasteiger partial charge >= 0.3 is 5.97 Å². The van der Waals surface area contributed by atoms with Gasteiger partial charge in [0.2, 0.25) is 5.76 Å². The molecule has 2 N–H and O–H groups in total. The summed E-state index contributed by atoms with van der Waals surface area (Å²) in [4.78, 5) is 22.6. The molecule has 0 saturated heterocycles. The Morgan fingerprint density at radius 3 is 2.71 bits per heavy atom. The van der Waals surface area contributed by atoms with E-state index < -0.39 is 17.4 Å². The number of amides is 1. The van der Waals surface area contributed by atoms with Crippen molar-refractivity contribution in [2.24, 2.45) is 0 Å². The van der Waals surface area contributed by atoms with Gasteiger partial charge in [-0.1, -0.05) is 5.16 Å². The standard InChI is InChI=1S/C11H14N2O4/c1-7-5-8(17-13-7)10(16)12-11(3-2-4-11)6-9(14)15/h5H,2-4,6H2,1H3,(H,12,16)(H,14,15). The van der Waals surface area contributed by atoms with Crippen molar-refractivity contribution in [1.82, 2.24) is 10.5 Å². The van der Waals surface area contributed by atoms with Crippen LogP contribution in [0.25, 0.3) is 0 Å². The van der Waals surface area contributed by atoms with E-state index in [4.69, 9.17) is 9.63 Å². The quantitative estimate of drug-likeness (QED) is 0.819. The van der Waals surface area contributed by atoms with E-state index in [2.05, 4.69) is 10.5 Å². The van der Waals surface area contributed by atoms with E-state index in [9.17, 15) is 9.59 Å². The third-order valence-corrected chi connectivity index (χ3v) is 3.03. The zero-order valence-electron chi connectivity index (χ0n) is 9.52. The number of carbonyl (C=O) groups is 2. The minimum absolute atomic E-state index is 0.0497. The lowest BCUT2D eigenvalue weighted by Gasteiger charge is -2.41. The first kappa shape index (κ1) is 11.6. The number of carboxylic acids is 1. The van der Waals surface area contributed by atoms with Crippen molar-refractivity contribution in [3.05, 3.63) is 17.5 Å². The van der Waals surface area contributed by atoms with Crippen LogP contribution in [0, 0.1) is 6.92 Å². The van der Waals surface area contributed by atoms with Crippen LogP contribution in [0.3, 0.4) is 0 Å². The molecule has 1 saturated carbocycles. The highest BCUT2D eigenvalue weighted by Crippen LogP contribution is 2.35. The van der Waals surface area contributed by atoms with Crippen molar-refractivity contribution in [2.75, 3.05) is 0 Å². The Labute approximate surface area is 98.0 Å². The van der Waals surface area contributed by atoms with Gasteiger partial charge in [-0.2, -0.15) is 0 Å². The smallest absolute Gasteiger partial charge is 0.305 e. The molecule has 17 heavy (non-hydrogen) atoms. The highest BCUT2D eigenvalue weighted by atomic mass is 16.5. The Balaban J connectivity index is 2.04. The molecule has 1 aromatic rings. The topological polar surface area (TPSA) is 92.4 Å². The number of hydrogen-bond acceptors (Lipinski definition) is 4. The molecule has 92 valence electrons. The molecular weight excluding hydrogens is 224 g/mol. The summed E-state index contributed by atoms with van der Waals surface area (Å²) in [5.74, 6) is -1.18. The van der Waals surface area contributed by atoms with Crippen LogP contribution < -0.4 is 5.32 Å². The van der Waals surface area contributed by atoms with Crippen molar-refractivity contribution in [1.29, 1.82) is 0 Å². The summed E-state index contributed by atoms with van der Waals surface area (Å²) >= 11 is 0. The average Bonchev–Trinajstić information content (AvgIpc) is 2.60. The zero-order chi connectivity index (χ0) is 12.5. The van der Waals surface area contributed by atoms with E-state index in [1.807, 2.05) is 0 Å². The van der Waals surface area contributed by atoms with Gasteiger partial charge in [0.05, 0.1) is 17.7 Å². The molecular formula is C11H14N2O4. The van der Waals surface area contributed by atoms with E-state index in [0.29, 0.717) is 18.5 Å².